The van der Waals surface area contributed by atoms with Crippen LogP contribution in [0.5, 0.6) is 6.01 Å². The summed E-state index contributed by atoms with van der Waals surface area (Å²) in [6, 6.07) is 18.8. The summed E-state index contributed by atoms with van der Waals surface area (Å²) >= 11 is 0.918. The van der Waals surface area contributed by atoms with Gasteiger partial charge in [-0.3, -0.25) is 19.7 Å². The molecule has 276 valence electrons. The molecule has 0 saturated carbocycles. The van der Waals surface area contributed by atoms with E-state index < -0.39 is 21.0 Å². The molecule has 7 rings (SSSR count). The number of nitrogens with zero attached hydrogens (tertiary/aromatic N) is 4. The molecule has 0 unspecified atom stereocenters. The average molecular weight is 860 g/mol. The Labute approximate surface area is 396 Å². The number of benzene rings is 4. The number of hydrogen-bond donors (Lipinski definition) is 4. The van der Waals surface area contributed by atoms with Gasteiger partial charge in [0.25, 0.3) is 5.56 Å². The molecule has 57 heavy (non-hydrogen) atoms. The number of nitrogens with one attached hydrogen (secondary N) is 3. The summed E-state index contributed by atoms with van der Waals surface area (Å²) in [4.78, 5) is 38.3. The van der Waals surface area contributed by atoms with Crippen LogP contribution in [0, 0.1) is 0 Å². The van der Waals surface area contributed by atoms with Crippen molar-refractivity contribution in [2.45, 2.75) is 14.7 Å². The normalized spacial score (nSPS) is 11.5. The molecular weight excluding hydrogens is 840 g/mol. The third kappa shape index (κ3) is 10.2. The predicted octanol–water partition coefficient (Wildman–Crippen LogP) is -5.75. The van der Waals surface area contributed by atoms with Crippen molar-refractivity contribution in [2.24, 2.45) is 7.05 Å². The molecule has 25 heteroatoms. The van der Waals surface area contributed by atoms with E-state index in [1.807, 2.05) is 0 Å². The third-order valence-corrected chi connectivity index (χ3v) is 10.2. The number of hydrogen-bond acceptors (Lipinski definition) is 20. The molecule has 0 aliphatic heterocycles. The first-order chi connectivity index (χ1) is 25.9. The van der Waals surface area contributed by atoms with Crippen molar-refractivity contribution in [1.82, 2.24) is 19.5 Å². The van der Waals surface area contributed by atoms with Crippen LogP contribution in [0.25, 0.3) is 22.0 Å². The first-order valence-corrected chi connectivity index (χ1v) is 17.9. The van der Waals surface area contributed by atoms with Gasteiger partial charge >= 0.3 is 94.7 Å². The van der Waals surface area contributed by atoms with Crippen LogP contribution in [-0.4, -0.2) is 43.4 Å². The summed E-state index contributed by atoms with van der Waals surface area (Å²) in [6.45, 7) is 0. The molecule has 4 aromatic carbocycles. The van der Waals surface area contributed by atoms with Gasteiger partial charge in [0.2, 0.25) is 11.9 Å². The molecular formula is C32H20N7Na3O12S3. The second kappa shape index (κ2) is 20.1. The molecule has 6 aromatic rings. The van der Waals surface area contributed by atoms with Crippen LogP contribution in [-0.2, 0) is 35.9 Å². The van der Waals surface area contributed by atoms with Gasteiger partial charge < -0.3 is 40.7 Å². The minimum absolute atomic E-state index is 0. The van der Waals surface area contributed by atoms with E-state index in [1.54, 1.807) is 55.6 Å². The van der Waals surface area contributed by atoms with Gasteiger partial charge in [0.1, 0.15) is 10.1 Å². The van der Waals surface area contributed by atoms with Gasteiger partial charge in [-0.2, -0.15) is 23.6 Å². The Hall–Kier alpha value is -2.66. The molecule has 0 amide bonds. The quantitative estimate of drug-likeness (QED) is 0.0276. The van der Waals surface area contributed by atoms with Crippen molar-refractivity contribution in [3.05, 3.63) is 100 Å². The van der Waals surface area contributed by atoms with Gasteiger partial charge in [-0.15, -0.1) is 0 Å². The van der Waals surface area contributed by atoms with E-state index in [0.29, 0.717) is 68.6 Å². The fraction of sp³-hybridized carbons (Fsp3) is 0.0312. The molecule has 2 aromatic heterocycles. The van der Waals surface area contributed by atoms with E-state index in [4.69, 9.17) is 0 Å². The summed E-state index contributed by atoms with van der Waals surface area (Å²) in [5, 5.41) is 47.7. The summed E-state index contributed by atoms with van der Waals surface area (Å²) in [7, 11) is -3.28. The summed E-state index contributed by atoms with van der Waals surface area (Å²) < 4.78 is 45.3. The number of aromatic hydroxyl groups is 1. The van der Waals surface area contributed by atoms with E-state index in [0.717, 1.165) is 18.2 Å². The zero-order valence-corrected chi connectivity index (χ0v) is 38.4. The zero-order chi connectivity index (χ0) is 38.1. The van der Waals surface area contributed by atoms with Gasteiger partial charge in [-0.1, -0.05) is 24.3 Å². The summed E-state index contributed by atoms with van der Waals surface area (Å²) in [5.74, 6) is -0.835. The van der Waals surface area contributed by atoms with Crippen LogP contribution >= 0.6 is 24.1 Å². The molecule has 1 aliphatic rings. The van der Waals surface area contributed by atoms with Gasteiger partial charge in [0, 0.05) is 29.8 Å². The van der Waals surface area contributed by atoms with Gasteiger partial charge in [-0.05, 0) is 59.7 Å². The number of carbonyl (C=O) groups is 1. The SMILES string of the molecule is Cn1c(=O)cc2c3c(c(Nc4ccc(Nc5nc(O)nc(Nc6cc(S(=O)(=O)[O-])ccc6SOO[O-])n5)cc4SOO[O-])ccc31)C(=O)c1ccccc1-2.[Na+].[Na+].[Na+]. The first kappa shape index (κ1) is 47.0. The number of aryl methyl sites for hydroxylation is 1. The van der Waals surface area contributed by atoms with Gasteiger partial charge in [-0.25, -0.2) is 8.42 Å². The smallest absolute Gasteiger partial charge is 0.744 e. The van der Waals surface area contributed by atoms with Crippen molar-refractivity contribution in [3.8, 4) is 17.1 Å². The van der Waals surface area contributed by atoms with E-state index in [-0.39, 0.29) is 133 Å². The molecule has 4 N–H and O–H groups in total. The zero-order valence-electron chi connectivity index (χ0n) is 30.0. The first-order valence-electron chi connectivity index (χ1n) is 15.0. The largest absolute Gasteiger partial charge is 1.00 e. The van der Waals surface area contributed by atoms with E-state index in [1.165, 1.54) is 16.7 Å². The Kier molecular flexibility index (Phi) is 16.6. The van der Waals surface area contributed by atoms with Gasteiger partial charge in [0.05, 0.1) is 66.9 Å². The molecule has 0 atom stereocenters. The minimum atomic E-state index is -4.90. The summed E-state index contributed by atoms with van der Waals surface area (Å²) in [6.07, 6.45) is 0. The molecule has 0 saturated heterocycles. The third-order valence-electron chi connectivity index (χ3n) is 8.02. The van der Waals surface area contributed by atoms with Crippen molar-refractivity contribution in [1.29, 1.82) is 0 Å². The number of pyridine rings is 1. The van der Waals surface area contributed by atoms with Crippen LogP contribution in [0.2, 0.25) is 0 Å². The molecule has 19 nitrogen and oxygen atoms in total. The Bertz CT molecular complexity index is 2660. The molecule has 0 spiro atoms. The fourth-order valence-electron chi connectivity index (χ4n) is 5.74. The molecule has 0 radical (unpaired) electrons. The number of carbonyl (C=O) groups excluding carboxylic acids is 1. The second-order valence-corrected chi connectivity index (χ2v) is 14.0. The van der Waals surface area contributed by atoms with Crippen molar-refractivity contribution >= 4 is 85.5 Å². The Morgan fingerprint density at radius 1 is 0.719 bits per heavy atom. The van der Waals surface area contributed by atoms with Crippen LogP contribution < -0.4 is 121 Å². The van der Waals surface area contributed by atoms with Gasteiger partial charge in [0.15, 0.2) is 5.78 Å². The van der Waals surface area contributed by atoms with Crippen LogP contribution in [0.4, 0.5) is 34.6 Å². The number of ketones is 1. The second-order valence-electron chi connectivity index (χ2n) is 11.1. The van der Waals surface area contributed by atoms with Crippen molar-refractivity contribution < 1.29 is 141 Å². The Morgan fingerprint density at radius 3 is 2.05 bits per heavy atom. The van der Waals surface area contributed by atoms with Crippen LogP contribution in [0.15, 0.2) is 98.3 Å². The van der Waals surface area contributed by atoms with Crippen molar-refractivity contribution in [3.63, 3.8) is 0 Å². The van der Waals surface area contributed by atoms with E-state index in [2.05, 4.69) is 49.6 Å². The van der Waals surface area contributed by atoms with Crippen molar-refractivity contribution in [2.75, 3.05) is 16.0 Å². The van der Waals surface area contributed by atoms with E-state index in [9.17, 15) is 38.2 Å². The molecule has 1 aliphatic carbocycles. The maximum atomic E-state index is 14.0. The Morgan fingerprint density at radius 2 is 1.37 bits per heavy atom. The van der Waals surface area contributed by atoms with E-state index >= 15 is 0 Å². The summed E-state index contributed by atoms with van der Waals surface area (Å²) in [5.41, 5.74) is 3.22. The monoisotopic (exact) mass is 859 g/mol. The molecule has 2 heterocycles. The topological polar surface area (TPSA) is 274 Å². The van der Waals surface area contributed by atoms with Crippen LogP contribution in [0.1, 0.15) is 15.9 Å². The number of anilines is 6. The minimum Gasteiger partial charge on any atom is -0.744 e. The molecule has 0 bridgehead atoms. The number of rotatable bonds is 13. The predicted molar refractivity (Wildman–Crippen MR) is 186 cm³/mol. The number of aromatic nitrogens is 4. The van der Waals surface area contributed by atoms with Crippen LogP contribution in [0.3, 0.4) is 0 Å². The fourth-order valence-corrected chi connectivity index (χ4v) is 7.14. The Balaban J connectivity index is 0.00000240. The molecule has 0 fully saturated rings. The maximum Gasteiger partial charge on any atom is 1.00 e. The standard InChI is InChI=1S/C32H23N7O12S3.3Na/c1-39-23-10-9-21(28-27(23)19(14-26(39)40)17-4-2-3-5-18(17)29(28)41)34-20-8-6-15(12-25(20)53-51-49-44)33-30-36-31(38-32(42)37-30)35-22-13-16(54(45,46)47)7-11-24(22)52-50-48-43;;;/h2-14,34,43-44H,1H3,(H,45,46,47)(H3,33,35,36,37,38,42);;;/q;3*+1/p-3. The average Bonchev–Trinajstić information content (AvgIpc) is 3.14. The maximum absolute atomic E-state index is 14.0. The number of fused-ring (bicyclic) bond motifs is 2.